The second kappa shape index (κ2) is 8.66. The van der Waals surface area contributed by atoms with Gasteiger partial charge in [0, 0.05) is 16.8 Å². The Morgan fingerprint density at radius 3 is 2.39 bits per heavy atom. The zero-order valence-corrected chi connectivity index (χ0v) is 16.9. The van der Waals surface area contributed by atoms with Gasteiger partial charge in [0.05, 0.1) is 19.9 Å². The molecule has 0 bridgehead atoms. The highest BCUT2D eigenvalue weighted by atomic mass is 19.1. The van der Waals surface area contributed by atoms with E-state index in [0.717, 1.165) is 11.3 Å². The van der Waals surface area contributed by atoms with Gasteiger partial charge in [-0.25, -0.2) is 9.07 Å². The molecule has 7 nitrogen and oxygen atoms in total. The molecule has 1 N–H and O–H groups in total. The number of rotatable bonds is 6. The molecule has 0 saturated heterocycles. The fraction of sp³-hybridized carbons (Fsp3) is 0.0870. The number of methoxy groups -OCH3 is 2. The quantitative estimate of drug-likeness (QED) is 0.504. The van der Waals surface area contributed by atoms with Crippen LogP contribution in [0.1, 0.15) is 10.4 Å². The summed E-state index contributed by atoms with van der Waals surface area (Å²) < 4.78 is 25.2. The van der Waals surface area contributed by atoms with E-state index < -0.39 is 5.82 Å². The summed E-state index contributed by atoms with van der Waals surface area (Å²) in [7, 11) is 3.10. The number of amides is 1. The summed E-state index contributed by atoms with van der Waals surface area (Å²) in [6, 6.07) is 20.2. The molecule has 31 heavy (non-hydrogen) atoms. The standard InChI is InChI=1S/C23H19FN4O3/c1-30-20-5-3-4-16(14-20)21-26-23(31-2)27-28(21)19-12-10-18(11-13-19)25-22(29)15-6-8-17(24)9-7-15/h3-14H,1-2H3,(H,25,29). The highest BCUT2D eigenvalue weighted by molar-refractivity contribution is 6.04. The van der Waals surface area contributed by atoms with Crippen LogP contribution in [0.15, 0.2) is 72.8 Å². The number of halogens is 1. The number of benzene rings is 3. The summed E-state index contributed by atoms with van der Waals surface area (Å²) in [5, 5.41) is 7.18. The Bertz CT molecular complexity index is 1200. The molecule has 0 spiro atoms. The van der Waals surface area contributed by atoms with E-state index in [0.29, 0.717) is 22.8 Å². The van der Waals surface area contributed by atoms with Gasteiger partial charge in [-0.3, -0.25) is 4.79 Å². The minimum atomic E-state index is -0.393. The lowest BCUT2D eigenvalue weighted by Gasteiger charge is -2.09. The maximum Gasteiger partial charge on any atom is 0.336 e. The molecule has 1 amide bonds. The van der Waals surface area contributed by atoms with Crippen molar-refractivity contribution < 1.29 is 18.7 Å². The lowest BCUT2D eigenvalue weighted by molar-refractivity contribution is 0.102. The monoisotopic (exact) mass is 418 g/mol. The van der Waals surface area contributed by atoms with E-state index in [1.807, 2.05) is 24.3 Å². The molecule has 3 aromatic carbocycles. The molecule has 0 unspecified atom stereocenters. The van der Waals surface area contributed by atoms with Crippen molar-refractivity contribution in [1.82, 2.24) is 14.8 Å². The number of carbonyl (C=O) groups excluding carboxylic acids is 1. The number of nitrogens with zero attached hydrogens (tertiary/aromatic N) is 3. The number of ether oxygens (including phenoxy) is 2. The van der Waals surface area contributed by atoms with Crippen molar-refractivity contribution in [2.75, 3.05) is 19.5 Å². The van der Waals surface area contributed by atoms with Crippen molar-refractivity contribution in [2.24, 2.45) is 0 Å². The maximum atomic E-state index is 13.0. The minimum Gasteiger partial charge on any atom is -0.497 e. The molecule has 1 heterocycles. The van der Waals surface area contributed by atoms with Crippen LogP contribution >= 0.6 is 0 Å². The van der Waals surface area contributed by atoms with E-state index in [-0.39, 0.29) is 11.9 Å². The second-order valence-corrected chi connectivity index (χ2v) is 6.57. The molecule has 0 aliphatic rings. The van der Waals surface area contributed by atoms with E-state index >= 15 is 0 Å². The minimum absolute atomic E-state index is 0.228. The van der Waals surface area contributed by atoms with Crippen LogP contribution in [0.2, 0.25) is 0 Å². The Hall–Kier alpha value is -4.20. The predicted octanol–water partition coefficient (Wildman–Crippen LogP) is 4.34. The number of nitrogens with one attached hydrogen (secondary N) is 1. The van der Waals surface area contributed by atoms with Gasteiger partial charge < -0.3 is 14.8 Å². The topological polar surface area (TPSA) is 78.3 Å². The average molecular weight is 418 g/mol. The molecule has 0 radical (unpaired) electrons. The molecule has 4 aromatic rings. The van der Waals surface area contributed by atoms with Gasteiger partial charge in [-0.1, -0.05) is 12.1 Å². The lowest BCUT2D eigenvalue weighted by atomic mass is 10.2. The number of hydrogen-bond donors (Lipinski definition) is 1. The van der Waals surface area contributed by atoms with E-state index in [1.54, 1.807) is 36.1 Å². The average Bonchev–Trinajstić information content (AvgIpc) is 3.24. The zero-order valence-electron chi connectivity index (χ0n) is 16.9. The van der Waals surface area contributed by atoms with Crippen LogP contribution < -0.4 is 14.8 Å². The Kier molecular flexibility index (Phi) is 5.61. The number of aromatic nitrogens is 3. The fourth-order valence-electron chi connectivity index (χ4n) is 3.00. The largest absolute Gasteiger partial charge is 0.497 e. The van der Waals surface area contributed by atoms with Crippen LogP contribution in [0.5, 0.6) is 11.8 Å². The van der Waals surface area contributed by atoms with Crippen molar-refractivity contribution in [1.29, 1.82) is 0 Å². The Balaban J connectivity index is 1.61. The summed E-state index contributed by atoms with van der Waals surface area (Å²) in [6.45, 7) is 0. The Labute approximate surface area is 178 Å². The summed E-state index contributed by atoms with van der Waals surface area (Å²) in [5.41, 5.74) is 2.50. The van der Waals surface area contributed by atoms with Crippen LogP contribution in [-0.2, 0) is 0 Å². The molecule has 4 rings (SSSR count). The van der Waals surface area contributed by atoms with E-state index in [4.69, 9.17) is 9.47 Å². The molecule has 0 aliphatic carbocycles. The molecule has 0 aliphatic heterocycles. The third-order valence-electron chi connectivity index (χ3n) is 4.57. The molecule has 1 aromatic heterocycles. The molecule has 0 fully saturated rings. The molecule has 8 heteroatoms. The zero-order chi connectivity index (χ0) is 21.8. The van der Waals surface area contributed by atoms with Crippen LogP contribution in [-0.4, -0.2) is 34.9 Å². The summed E-state index contributed by atoms with van der Waals surface area (Å²) in [6.07, 6.45) is 0. The highest BCUT2D eigenvalue weighted by Gasteiger charge is 2.15. The van der Waals surface area contributed by atoms with E-state index in [2.05, 4.69) is 15.4 Å². The first-order chi connectivity index (χ1) is 15.1. The lowest BCUT2D eigenvalue weighted by Crippen LogP contribution is -2.11. The normalized spacial score (nSPS) is 10.5. The third kappa shape index (κ3) is 4.37. The van der Waals surface area contributed by atoms with E-state index in [9.17, 15) is 9.18 Å². The molecule has 156 valence electrons. The number of carbonyl (C=O) groups is 1. The number of hydrogen-bond acceptors (Lipinski definition) is 5. The van der Waals surface area contributed by atoms with Gasteiger partial charge in [0.25, 0.3) is 5.91 Å². The van der Waals surface area contributed by atoms with Gasteiger partial charge in [0.15, 0.2) is 5.82 Å². The molecule has 0 atom stereocenters. The summed E-state index contributed by atoms with van der Waals surface area (Å²) >= 11 is 0. The van der Waals surface area contributed by atoms with Crippen molar-refractivity contribution in [3.8, 4) is 28.8 Å². The molecule has 0 saturated carbocycles. The van der Waals surface area contributed by atoms with Gasteiger partial charge in [-0.05, 0) is 60.7 Å². The van der Waals surface area contributed by atoms with Gasteiger partial charge in [-0.15, -0.1) is 5.10 Å². The third-order valence-corrected chi connectivity index (χ3v) is 4.57. The van der Waals surface area contributed by atoms with Gasteiger partial charge in [0.2, 0.25) is 0 Å². The van der Waals surface area contributed by atoms with Crippen molar-refractivity contribution >= 4 is 11.6 Å². The first-order valence-corrected chi connectivity index (χ1v) is 9.40. The molecular weight excluding hydrogens is 399 g/mol. The first kappa shape index (κ1) is 20.1. The number of anilines is 1. The van der Waals surface area contributed by atoms with Crippen molar-refractivity contribution in [3.63, 3.8) is 0 Å². The van der Waals surface area contributed by atoms with E-state index in [1.165, 1.54) is 31.4 Å². The van der Waals surface area contributed by atoms with Crippen LogP contribution in [0.3, 0.4) is 0 Å². The Morgan fingerprint density at radius 1 is 0.968 bits per heavy atom. The van der Waals surface area contributed by atoms with Crippen molar-refractivity contribution in [3.05, 3.63) is 84.2 Å². The molecular formula is C23H19FN4O3. The van der Waals surface area contributed by atoms with Crippen LogP contribution in [0.4, 0.5) is 10.1 Å². The van der Waals surface area contributed by atoms with Gasteiger partial charge in [-0.2, -0.15) is 4.98 Å². The maximum absolute atomic E-state index is 13.0. The van der Waals surface area contributed by atoms with Crippen LogP contribution in [0, 0.1) is 5.82 Å². The second-order valence-electron chi connectivity index (χ2n) is 6.57. The fourth-order valence-corrected chi connectivity index (χ4v) is 3.00. The van der Waals surface area contributed by atoms with Gasteiger partial charge in [0.1, 0.15) is 11.6 Å². The predicted molar refractivity (Wildman–Crippen MR) is 114 cm³/mol. The summed E-state index contributed by atoms with van der Waals surface area (Å²) in [5.74, 6) is 0.562. The SMILES string of the molecule is COc1cccc(-c2nc(OC)nn2-c2ccc(NC(=O)c3ccc(F)cc3)cc2)c1. The van der Waals surface area contributed by atoms with Gasteiger partial charge >= 0.3 is 6.01 Å². The Morgan fingerprint density at radius 2 is 1.71 bits per heavy atom. The smallest absolute Gasteiger partial charge is 0.336 e. The van der Waals surface area contributed by atoms with Crippen molar-refractivity contribution in [2.45, 2.75) is 0 Å². The van der Waals surface area contributed by atoms with Crippen LogP contribution in [0.25, 0.3) is 17.1 Å². The first-order valence-electron chi connectivity index (χ1n) is 9.40. The summed E-state index contributed by atoms with van der Waals surface area (Å²) in [4.78, 5) is 16.8. The highest BCUT2D eigenvalue weighted by Crippen LogP contribution is 2.27.